The zero-order valence-electron chi connectivity index (χ0n) is 21.3. The minimum atomic E-state index is -0.388. The lowest BCUT2D eigenvalue weighted by Gasteiger charge is -2.10. The molecule has 2 aromatic carbocycles. The summed E-state index contributed by atoms with van der Waals surface area (Å²) in [6, 6.07) is 18.5. The number of amides is 1. The van der Waals surface area contributed by atoms with Crippen LogP contribution in [-0.2, 0) is 11.3 Å². The number of nitrogens with zero attached hydrogens (tertiary/aromatic N) is 4. The second-order valence-corrected chi connectivity index (χ2v) is 10.3. The molecule has 6 rings (SSSR count). The summed E-state index contributed by atoms with van der Waals surface area (Å²) in [7, 11) is 0. The molecule has 0 saturated carbocycles. The lowest BCUT2D eigenvalue weighted by Crippen LogP contribution is -2.29. The molecule has 4 heterocycles. The Kier molecular flexibility index (Phi) is 7.08. The van der Waals surface area contributed by atoms with Crippen molar-refractivity contribution in [2.45, 2.75) is 32.0 Å². The highest BCUT2D eigenvalue weighted by Gasteiger charge is 2.25. The van der Waals surface area contributed by atoms with Crippen LogP contribution in [0, 0.1) is 11.8 Å². The van der Waals surface area contributed by atoms with Crippen LogP contribution in [0.4, 0.5) is 16.3 Å². The highest BCUT2D eigenvalue weighted by molar-refractivity contribution is 7.19. The van der Waals surface area contributed by atoms with Gasteiger partial charge in [-0.2, -0.15) is 5.10 Å². The number of carbonyl (C=O) groups is 1. The maximum Gasteiger partial charge on any atom is 0.407 e. The maximum absolute atomic E-state index is 11.7. The fourth-order valence-electron chi connectivity index (χ4n) is 4.60. The highest BCUT2D eigenvalue weighted by atomic mass is 32.1. The van der Waals surface area contributed by atoms with Gasteiger partial charge in [0.15, 0.2) is 0 Å². The van der Waals surface area contributed by atoms with E-state index in [2.05, 4.69) is 67.1 Å². The van der Waals surface area contributed by atoms with Crippen molar-refractivity contribution in [3.63, 3.8) is 0 Å². The molecule has 39 heavy (non-hydrogen) atoms. The summed E-state index contributed by atoms with van der Waals surface area (Å²) in [5.41, 5.74) is 3.21. The third-order valence-corrected chi connectivity index (χ3v) is 7.42. The van der Waals surface area contributed by atoms with Crippen LogP contribution in [0.15, 0.2) is 67.1 Å². The molecule has 0 unspecified atom stereocenters. The number of alkyl carbamates (subject to hydrolysis) is 1. The summed E-state index contributed by atoms with van der Waals surface area (Å²) in [5, 5.41) is 16.0. The van der Waals surface area contributed by atoms with Crippen molar-refractivity contribution < 1.29 is 9.53 Å². The number of carbonyl (C=O) groups excluding carboxylic acids is 1. The summed E-state index contributed by atoms with van der Waals surface area (Å²) in [4.78, 5) is 22.4. The summed E-state index contributed by atoms with van der Waals surface area (Å²) < 4.78 is 7.41. The van der Waals surface area contributed by atoms with E-state index in [4.69, 9.17) is 4.74 Å². The van der Waals surface area contributed by atoms with Gasteiger partial charge in [0.2, 0.25) is 0 Å². The average Bonchev–Trinajstić information content (AvgIpc) is 3.67. The SMILES string of the molecule is CCNC(=O)O[C@@H]1CN[C@@H](C#Cc2cc3c(Nc4ccc5c(cnn5Cc5ccccc5)c4)ncnc3s2)C1. The van der Waals surface area contributed by atoms with Gasteiger partial charge in [0.1, 0.15) is 23.1 Å². The van der Waals surface area contributed by atoms with Gasteiger partial charge in [-0.1, -0.05) is 42.2 Å². The molecule has 0 radical (unpaired) electrons. The van der Waals surface area contributed by atoms with Crippen LogP contribution in [0.1, 0.15) is 23.8 Å². The van der Waals surface area contributed by atoms with Crippen molar-refractivity contribution in [1.82, 2.24) is 30.4 Å². The van der Waals surface area contributed by atoms with Gasteiger partial charge in [0.25, 0.3) is 0 Å². The molecular formula is C29H27N7O2S. The fourth-order valence-corrected chi connectivity index (χ4v) is 5.46. The van der Waals surface area contributed by atoms with E-state index in [1.807, 2.05) is 48.1 Å². The van der Waals surface area contributed by atoms with Crippen LogP contribution in [0.3, 0.4) is 0 Å². The summed E-state index contributed by atoms with van der Waals surface area (Å²) in [6.45, 7) is 3.72. The predicted octanol–water partition coefficient (Wildman–Crippen LogP) is 4.66. The second-order valence-electron chi connectivity index (χ2n) is 9.26. The number of benzene rings is 2. The van der Waals surface area contributed by atoms with E-state index in [0.717, 1.165) is 44.0 Å². The molecule has 3 N–H and O–H groups in total. The number of anilines is 2. The Hall–Kier alpha value is -4.46. The van der Waals surface area contributed by atoms with Gasteiger partial charge in [-0.15, -0.1) is 11.3 Å². The van der Waals surface area contributed by atoms with E-state index in [9.17, 15) is 4.79 Å². The molecule has 5 aromatic rings. The standard InChI is InChI=1S/C29H27N7O2S/c1-2-30-29(37)38-23-13-21(31-16-23)8-10-24-14-25-27(32-18-33-28(25)39-24)35-22-9-11-26-20(12-22)15-34-36(26)17-19-6-4-3-5-7-19/h3-7,9,11-12,14-15,18,21,23,31H,2,13,16-17H2,1H3,(H,30,37)(H,32,33,35)/t21-,23-/m0/s1. The van der Waals surface area contributed by atoms with E-state index in [1.54, 1.807) is 6.33 Å². The van der Waals surface area contributed by atoms with Crippen molar-refractivity contribution in [3.05, 3.63) is 77.6 Å². The van der Waals surface area contributed by atoms with E-state index in [0.29, 0.717) is 19.5 Å². The lowest BCUT2D eigenvalue weighted by atomic mass is 10.2. The summed E-state index contributed by atoms with van der Waals surface area (Å²) in [6.07, 6.45) is 3.55. The first-order valence-electron chi connectivity index (χ1n) is 12.8. The van der Waals surface area contributed by atoms with Crippen molar-refractivity contribution in [3.8, 4) is 11.8 Å². The lowest BCUT2D eigenvalue weighted by molar-refractivity contribution is 0.107. The fraction of sp³-hybridized carbons (Fsp3) is 0.241. The van der Waals surface area contributed by atoms with Crippen molar-refractivity contribution in [1.29, 1.82) is 0 Å². The zero-order valence-corrected chi connectivity index (χ0v) is 22.2. The molecule has 2 atom stereocenters. The number of aromatic nitrogens is 4. The summed E-state index contributed by atoms with van der Waals surface area (Å²) in [5.74, 6) is 7.25. The van der Waals surface area contributed by atoms with Gasteiger partial charge in [-0.3, -0.25) is 10.00 Å². The van der Waals surface area contributed by atoms with E-state index >= 15 is 0 Å². The molecule has 3 aromatic heterocycles. The van der Waals surface area contributed by atoms with E-state index in [-0.39, 0.29) is 18.2 Å². The number of ether oxygens (including phenoxy) is 1. The maximum atomic E-state index is 11.7. The van der Waals surface area contributed by atoms with Gasteiger partial charge in [0, 0.05) is 30.6 Å². The Morgan fingerprint density at radius 2 is 2.10 bits per heavy atom. The number of hydrogen-bond donors (Lipinski definition) is 3. The molecular weight excluding hydrogens is 510 g/mol. The van der Waals surface area contributed by atoms with Crippen LogP contribution < -0.4 is 16.0 Å². The van der Waals surface area contributed by atoms with Gasteiger partial charge in [-0.05, 0) is 36.8 Å². The monoisotopic (exact) mass is 537 g/mol. The zero-order chi connectivity index (χ0) is 26.6. The van der Waals surface area contributed by atoms with Gasteiger partial charge in [-0.25, -0.2) is 14.8 Å². The smallest absolute Gasteiger partial charge is 0.407 e. The van der Waals surface area contributed by atoms with Crippen LogP contribution in [0.5, 0.6) is 0 Å². The first kappa shape index (κ1) is 24.9. The van der Waals surface area contributed by atoms with Crippen molar-refractivity contribution in [2.24, 2.45) is 0 Å². The highest BCUT2D eigenvalue weighted by Crippen LogP contribution is 2.30. The molecule has 10 heteroatoms. The molecule has 0 spiro atoms. The number of nitrogens with one attached hydrogen (secondary N) is 3. The van der Waals surface area contributed by atoms with Crippen molar-refractivity contribution >= 4 is 50.1 Å². The van der Waals surface area contributed by atoms with Gasteiger partial charge in [0.05, 0.1) is 34.6 Å². The Balaban J connectivity index is 1.16. The first-order chi connectivity index (χ1) is 19.1. The largest absolute Gasteiger partial charge is 0.445 e. The van der Waals surface area contributed by atoms with Crippen LogP contribution >= 0.6 is 11.3 Å². The Morgan fingerprint density at radius 1 is 1.21 bits per heavy atom. The molecule has 1 amide bonds. The molecule has 0 aliphatic carbocycles. The van der Waals surface area contributed by atoms with Gasteiger partial charge >= 0.3 is 6.09 Å². The average molecular weight is 538 g/mol. The van der Waals surface area contributed by atoms with Crippen LogP contribution in [0.25, 0.3) is 21.1 Å². The Bertz CT molecular complexity index is 1690. The number of rotatable bonds is 6. The van der Waals surface area contributed by atoms with E-state index in [1.165, 1.54) is 16.9 Å². The summed E-state index contributed by atoms with van der Waals surface area (Å²) >= 11 is 1.53. The number of thiophene rings is 1. The molecule has 0 bridgehead atoms. The third kappa shape index (κ3) is 5.70. The molecule has 1 saturated heterocycles. The molecule has 1 fully saturated rings. The minimum absolute atomic E-state index is 0.0344. The molecule has 1 aliphatic heterocycles. The first-order valence-corrected chi connectivity index (χ1v) is 13.7. The topological polar surface area (TPSA) is 106 Å². The van der Waals surface area contributed by atoms with Crippen LogP contribution in [-0.4, -0.2) is 51.1 Å². The molecule has 1 aliphatic rings. The Labute approximate surface area is 229 Å². The predicted molar refractivity (Wildman–Crippen MR) is 153 cm³/mol. The van der Waals surface area contributed by atoms with Gasteiger partial charge < -0.3 is 15.4 Å². The number of fused-ring (bicyclic) bond motifs is 2. The van der Waals surface area contributed by atoms with E-state index < -0.39 is 0 Å². The quantitative estimate of drug-likeness (QED) is 0.271. The number of hydrogen-bond acceptors (Lipinski definition) is 8. The Morgan fingerprint density at radius 3 is 2.97 bits per heavy atom. The normalized spacial score (nSPS) is 16.6. The van der Waals surface area contributed by atoms with Crippen LogP contribution in [0.2, 0.25) is 0 Å². The second kappa shape index (κ2) is 11.1. The molecule has 196 valence electrons. The third-order valence-electron chi connectivity index (χ3n) is 6.46. The molecule has 9 nitrogen and oxygen atoms in total. The van der Waals surface area contributed by atoms with Crippen molar-refractivity contribution in [2.75, 3.05) is 18.4 Å². The minimum Gasteiger partial charge on any atom is -0.445 e.